The third-order valence-electron chi connectivity index (χ3n) is 5.26. The van der Waals surface area contributed by atoms with E-state index in [9.17, 15) is 0 Å². The van der Waals surface area contributed by atoms with E-state index >= 15 is 0 Å². The van der Waals surface area contributed by atoms with Gasteiger partial charge in [0.1, 0.15) is 0 Å². The molecule has 2 aliphatic rings. The highest BCUT2D eigenvalue weighted by molar-refractivity contribution is 5.13. The van der Waals surface area contributed by atoms with Crippen LogP contribution in [0.5, 0.6) is 0 Å². The third kappa shape index (κ3) is 4.31. The molecule has 0 amide bonds. The van der Waals surface area contributed by atoms with Crippen LogP contribution < -0.4 is 11.1 Å². The highest BCUT2D eigenvalue weighted by Crippen LogP contribution is 2.25. The largest absolute Gasteiger partial charge is 0.372 e. The maximum atomic E-state index is 6.30. The Morgan fingerprint density at radius 2 is 1.59 bits per heavy atom. The van der Waals surface area contributed by atoms with E-state index in [0.29, 0.717) is 24.2 Å². The van der Waals surface area contributed by atoms with Crippen molar-refractivity contribution in [3.05, 3.63) is 35.9 Å². The van der Waals surface area contributed by atoms with Gasteiger partial charge in [-0.3, -0.25) is 0 Å². The van der Waals surface area contributed by atoms with Crippen molar-refractivity contribution in [3.8, 4) is 0 Å². The molecule has 1 aromatic rings. The first kappa shape index (κ1) is 16.0. The van der Waals surface area contributed by atoms with Gasteiger partial charge in [0.05, 0.1) is 12.7 Å². The predicted octanol–water partition coefficient (Wildman–Crippen LogP) is 3.37. The fraction of sp³-hybridized carbons (Fsp3) is 0.684. The van der Waals surface area contributed by atoms with Crippen LogP contribution in [-0.2, 0) is 11.3 Å². The first-order valence-corrected chi connectivity index (χ1v) is 9.00. The topological polar surface area (TPSA) is 47.3 Å². The Bertz CT molecular complexity index is 436. The normalized spacial score (nSPS) is 32.8. The van der Waals surface area contributed by atoms with Crippen LogP contribution in [0.2, 0.25) is 0 Å². The second-order valence-corrected chi connectivity index (χ2v) is 6.95. The molecular weight excluding hydrogens is 272 g/mol. The van der Waals surface area contributed by atoms with E-state index in [1.807, 2.05) is 0 Å². The van der Waals surface area contributed by atoms with Crippen LogP contribution in [0.4, 0.5) is 0 Å². The Morgan fingerprint density at radius 1 is 0.909 bits per heavy atom. The Kier molecular flexibility index (Phi) is 5.88. The predicted molar refractivity (Wildman–Crippen MR) is 90.6 cm³/mol. The Balaban J connectivity index is 1.54. The Labute approximate surface area is 134 Å². The molecule has 0 spiro atoms. The average molecular weight is 302 g/mol. The van der Waals surface area contributed by atoms with Gasteiger partial charge in [-0.1, -0.05) is 56.0 Å². The van der Waals surface area contributed by atoms with E-state index in [1.54, 1.807) is 0 Å². The molecule has 0 aliphatic heterocycles. The van der Waals surface area contributed by atoms with Crippen molar-refractivity contribution in [1.29, 1.82) is 0 Å². The molecule has 2 aliphatic carbocycles. The number of ether oxygens (including phenoxy) is 1. The quantitative estimate of drug-likeness (QED) is 0.876. The van der Waals surface area contributed by atoms with Gasteiger partial charge in [-0.15, -0.1) is 0 Å². The summed E-state index contributed by atoms with van der Waals surface area (Å²) < 4.78 is 6.26. The van der Waals surface area contributed by atoms with Gasteiger partial charge >= 0.3 is 0 Å². The van der Waals surface area contributed by atoms with Gasteiger partial charge in [0.15, 0.2) is 0 Å². The number of hydrogen-bond acceptors (Lipinski definition) is 3. The summed E-state index contributed by atoms with van der Waals surface area (Å²) in [6.45, 7) is 0.723. The number of benzene rings is 1. The van der Waals surface area contributed by atoms with Crippen LogP contribution in [0.1, 0.15) is 56.9 Å². The van der Waals surface area contributed by atoms with E-state index in [4.69, 9.17) is 10.5 Å². The summed E-state index contributed by atoms with van der Waals surface area (Å²) in [5.74, 6) is 0. The fourth-order valence-electron chi connectivity index (χ4n) is 3.91. The zero-order valence-electron chi connectivity index (χ0n) is 13.5. The van der Waals surface area contributed by atoms with E-state index in [-0.39, 0.29) is 0 Å². The molecule has 0 unspecified atom stereocenters. The van der Waals surface area contributed by atoms with Gasteiger partial charge in [-0.2, -0.15) is 0 Å². The van der Waals surface area contributed by atoms with Crippen molar-refractivity contribution in [3.63, 3.8) is 0 Å². The maximum Gasteiger partial charge on any atom is 0.0732 e. The Morgan fingerprint density at radius 3 is 2.36 bits per heavy atom. The summed E-state index contributed by atoms with van der Waals surface area (Å²) in [5, 5.41) is 3.84. The lowest BCUT2D eigenvalue weighted by Gasteiger charge is -2.38. The van der Waals surface area contributed by atoms with Crippen molar-refractivity contribution in [2.75, 3.05) is 0 Å². The highest BCUT2D eigenvalue weighted by Gasteiger charge is 2.30. The molecule has 0 bridgehead atoms. The van der Waals surface area contributed by atoms with Gasteiger partial charge in [0.2, 0.25) is 0 Å². The highest BCUT2D eigenvalue weighted by atomic mass is 16.5. The van der Waals surface area contributed by atoms with Gasteiger partial charge in [0.25, 0.3) is 0 Å². The molecule has 2 saturated carbocycles. The zero-order chi connectivity index (χ0) is 15.2. The van der Waals surface area contributed by atoms with E-state index < -0.39 is 0 Å². The monoisotopic (exact) mass is 302 g/mol. The lowest BCUT2D eigenvalue weighted by Crippen LogP contribution is -2.55. The molecule has 0 radical (unpaired) electrons. The molecule has 1 aromatic carbocycles. The molecular formula is C19H30N2O. The molecule has 0 saturated heterocycles. The van der Waals surface area contributed by atoms with Crippen LogP contribution >= 0.6 is 0 Å². The summed E-state index contributed by atoms with van der Waals surface area (Å²) in [7, 11) is 0. The van der Waals surface area contributed by atoms with Crippen molar-refractivity contribution in [2.45, 2.75) is 82.2 Å². The minimum atomic E-state index is 0.324. The van der Waals surface area contributed by atoms with Crippen LogP contribution in [-0.4, -0.2) is 24.2 Å². The number of rotatable bonds is 5. The first-order valence-electron chi connectivity index (χ1n) is 9.00. The molecule has 4 atom stereocenters. The van der Waals surface area contributed by atoms with Gasteiger partial charge in [-0.05, 0) is 31.2 Å². The summed E-state index contributed by atoms with van der Waals surface area (Å²) in [6.07, 6.45) is 10.3. The fourth-order valence-corrected chi connectivity index (χ4v) is 3.91. The van der Waals surface area contributed by atoms with Crippen LogP contribution in [0.3, 0.4) is 0 Å². The second kappa shape index (κ2) is 8.09. The molecule has 0 aromatic heterocycles. The van der Waals surface area contributed by atoms with E-state index in [1.165, 1.54) is 56.9 Å². The van der Waals surface area contributed by atoms with Crippen LogP contribution in [0, 0.1) is 0 Å². The molecule has 122 valence electrons. The van der Waals surface area contributed by atoms with Crippen molar-refractivity contribution >= 4 is 0 Å². The minimum Gasteiger partial charge on any atom is -0.372 e. The lowest BCUT2D eigenvalue weighted by molar-refractivity contribution is -0.0102. The van der Waals surface area contributed by atoms with E-state index in [2.05, 4.69) is 35.6 Å². The average Bonchev–Trinajstić information content (AvgIpc) is 2.57. The second-order valence-electron chi connectivity index (χ2n) is 6.95. The SMILES string of the molecule is N[C@@H]1CCCC[C@@H]1N[C@@H]1CCCC[C@H]1OCc1ccccc1. The molecule has 3 rings (SSSR count). The molecule has 3 nitrogen and oxygen atoms in total. The lowest BCUT2D eigenvalue weighted by atomic mass is 9.87. The minimum absolute atomic E-state index is 0.324. The van der Waals surface area contributed by atoms with Gasteiger partial charge in [-0.25, -0.2) is 0 Å². The maximum absolute atomic E-state index is 6.30. The molecule has 0 heterocycles. The summed E-state index contributed by atoms with van der Waals surface area (Å²) in [4.78, 5) is 0. The van der Waals surface area contributed by atoms with Crippen molar-refractivity contribution in [1.82, 2.24) is 5.32 Å². The van der Waals surface area contributed by atoms with Crippen molar-refractivity contribution in [2.24, 2.45) is 5.73 Å². The summed E-state index contributed by atoms with van der Waals surface area (Å²) in [5.41, 5.74) is 7.57. The molecule has 3 heteroatoms. The summed E-state index contributed by atoms with van der Waals surface area (Å²) in [6, 6.07) is 11.8. The number of nitrogens with one attached hydrogen (secondary N) is 1. The van der Waals surface area contributed by atoms with Gasteiger partial charge < -0.3 is 15.8 Å². The van der Waals surface area contributed by atoms with Crippen molar-refractivity contribution < 1.29 is 4.74 Å². The Hall–Kier alpha value is -0.900. The third-order valence-corrected chi connectivity index (χ3v) is 5.26. The number of hydrogen-bond donors (Lipinski definition) is 2. The standard InChI is InChI=1S/C19H30N2O/c20-16-10-4-5-11-17(16)21-18-12-6-7-13-19(18)22-14-15-8-2-1-3-9-15/h1-3,8-9,16-19,21H,4-7,10-14,20H2/t16-,17+,18-,19-/m1/s1. The number of nitrogens with two attached hydrogens (primary N) is 1. The zero-order valence-corrected chi connectivity index (χ0v) is 13.5. The van der Waals surface area contributed by atoms with Gasteiger partial charge in [0, 0.05) is 18.1 Å². The first-order chi connectivity index (χ1) is 10.8. The summed E-state index contributed by atoms with van der Waals surface area (Å²) >= 11 is 0. The van der Waals surface area contributed by atoms with Crippen LogP contribution in [0.25, 0.3) is 0 Å². The van der Waals surface area contributed by atoms with E-state index in [0.717, 1.165) is 6.61 Å². The molecule has 3 N–H and O–H groups in total. The smallest absolute Gasteiger partial charge is 0.0732 e. The molecule has 2 fully saturated rings. The molecule has 22 heavy (non-hydrogen) atoms. The van der Waals surface area contributed by atoms with Crippen LogP contribution in [0.15, 0.2) is 30.3 Å².